The number of phenols is 1. The lowest BCUT2D eigenvalue weighted by atomic mass is 10.0. The fourth-order valence-electron chi connectivity index (χ4n) is 2.85. The Hall–Kier alpha value is -1.63. The highest BCUT2D eigenvalue weighted by atomic mass is 28.4. The Morgan fingerprint density at radius 3 is 1.54 bits per heavy atom. The van der Waals surface area contributed by atoms with Crippen LogP contribution in [0, 0.1) is 0 Å². The molecule has 24 heavy (non-hydrogen) atoms. The Balaban J connectivity index is 0.000000202. The number of rotatable bonds is 2. The SMILES string of the molecule is C[Si](C)(C)O[Si](C)(C)C.Oc1ccc2cc3ccccc3cc2c1. The lowest BCUT2D eigenvalue weighted by Gasteiger charge is -2.27. The van der Waals surface area contributed by atoms with Crippen molar-refractivity contribution in [2.45, 2.75) is 39.3 Å². The quantitative estimate of drug-likeness (QED) is 0.427. The molecule has 0 amide bonds. The Labute approximate surface area is 147 Å². The molecule has 3 rings (SSSR count). The molecule has 0 atom stereocenters. The highest BCUT2D eigenvalue weighted by Gasteiger charge is 2.24. The summed E-state index contributed by atoms with van der Waals surface area (Å²) in [6.07, 6.45) is 0. The monoisotopic (exact) mass is 356 g/mol. The maximum absolute atomic E-state index is 9.40. The first-order valence-corrected chi connectivity index (χ1v) is 15.2. The van der Waals surface area contributed by atoms with Crippen LogP contribution in [0.4, 0.5) is 0 Å². The van der Waals surface area contributed by atoms with Gasteiger partial charge in [0.1, 0.15) is 5.75 Å². The van der Waals surface area contributed by atoms with Gasteiger partial charge < -0.3 is 9.22 Å². The maximum Gasteiger partial charge on any atom is 0.170 e. The number of hydrogen-bond donors (Lipinski definition) is 1. The van der Waals surface area contributed by atoms with Crippen LogP contribution in [-0.2, 0) is 4.12 Å². The van der Waals surface area contributed by atoms with Gasteiger partial charge >= 0.3 is 0 Å². The average molecular weight is 357 g/mol. The van der Waals surface area contributed by atoms with E-state index in [1.165, 1.54) is 10.8 Å². The first-order chi connectivity index (χ1) is 11.0. The van der Waals surface area contributed by atoms with Gasteiger partial charge in [-0.15, -0.1) is 0 Å². The molecule has 3 aromatic rings. The molecule has 0 spiro atoms. The normalized spacial score (nSPS) is 12.1. The minimum atomic E-state index is -1.23. The summed E-state index contributed by atoms with van der Waals surface area (Å²) in [5, 5.41) is 14.1. The minimum Gasteiger partial charge on any atom is -0.508 e. The molecule has 0 aliphatic rings. The Kier molecular flexibility index (Phi) is 5.53. The molecule has 128 valence electrons. The van der Waals surface area contributed by atoms with Gasteiger partial charge in [-0.3, -0.25) is 0 Å². The zero-order valence-electron chi connectivity index (χ0n) is 15.6. The summed E-state index contributed by atoms with van der Waals surface area (Å²) in [6.45, 7) is 13.4. The van der Waals surface area contributed by atoms with E-state index in [1.807, 2.05) is 18.2 Å². The second-order valence-corrected chi connectivity index (χ2v) is 17.3. The van der Waals surface area contributed by atoms with Crippen LogP contribution in [0.3, 0.4) is 0 Å². The third-order valence-corrected chi connectivity index (χ3v) is 8.20. The van der Waals surface area contributed by atoms with Gasteiger partial charge in [0.05, 0.1) is 0 Å². The van der Waals surface area contributed by atoms with Crippen LogP contribution in [0.5, 0.6) is 5.75 Å². The number of phenolic OH excluding ortho intramolecular Hbond substituents is 1. The highest BCUT2D eigenvalue weighted by molar-refractivity contribution is 6.83. The molecule has 0 aliphatic carbocycles. The summed E-state index contributed by atoms with van der Waals surface area (Å²) in [6, 6.07) is 17.9. The van der Waals surface area contributed by atoms with Gasteiger partial charge in [0.25, 0.3) is 0 Å². The van der Waals surface area contributed by atoms with Gasteiger partial charge in [-0.1, -0.05) is 30.3 Å². The molecule has 1 N–H and O–H groups in total. The van der Waals surface area contributed by atoms with E-state index in [4.69, 9.17) is 4.12 Å². The van der Waals surface area contributed by atoms with E-state index in [0.717, 1.165) is 10.8 Å². The molecular weight excluding hydrogens is 328 g/mol. The van der Waals surface area contributed by atoms with Crippen molar-refractivity contribution in [1.29, 1.82) is 0 Å². The zero-order chi connectivity index (χ0) is 18.0. The average Bonchev–Trinajstić information content (AvgIpc) is 2.41. The topological polar surface area (TPSA) is 29.5 Å². The van der Waals surface area contributed by atoms with Crippen molar-refractivity contribution < 1.29 is 9.22 Å². The van der Waals surface area contributed by atoms with Gasteiger partial charge in [-0.05, 0) is 85.1 Å². The Morgan fingerprint density at radius 2 is 1.08 bits per heavy atom. The molecule has 4 heteroatoms. The summed E-state index contributed by atoms with van der Waals surface area (Å²) in [5.74, 6) is 0.317. The largest absolute Gasteiger partial charge is 0.508 e. The smallest absolute Gasteiger partial charge is 0.170 e. The van der Waals surface area contributed by atoms with Crippen molar-refractivity contribution >= 4 is 38.2 Å². The molecule has 0 aromatic heterocycles. The van der Waals surface area contributed by atoms with Crippen LogP contribution in [0.25, 0.3) is 21.5 Å². The summed E-state index contributed by atoms with van der Waals surface area (Å²) >= 11 is 0. The molecule has 0 unspecified atom stereocenters. The summed E-state index contributed by atoms with van der Waals surface area (Å²) < 4.78 is 5.90. The van der Waals surface area contributed by atoms with Crippen LogP contribution >= 0.6 is 0 Å². The molecule has 2 nitrogen and oxygen atoms in total. The molecular formula is C20H28O2Si2. The van der Waals surface area contributed by atoms with E-state index >= 15 is 0 Å². The Morgan fingerprint density at radius 1 is 0.625 bits per heavy atom. The second-order valence-electron chi connectivity index (χ2n) is 8.06. The fraction of sp³-hybridized carbons (Fsp3) is 0.300. The second kappa shape index (κ2) is 7.09. The zero-order valence-corrected chi connectivity index (χ0v) is 17.6. The lowest BCUT2D eigenvalue weighted by Crippen LogP contribution is -2.39. The van der Waals surface area contributed by atoms with Gasteiger partial charge in [0.15, 0.2) is 16.6 Å². The van der Waals surface area contributed by atoms with E-state index in [0.29, 0.717) is 5.75 Å². The van der Waals surface area contributed by atoms with Crippen LogP contribution in [0.15, 0.2) is 54.6 Å². The third kappa shape index (κ3) is 5.78. The number of aromatic hydroxyl groups is 1. The van der Waals surface area contributed by atoms with Crippen molar-refractivity contribution in [1.82, 2.24) is 0 Å². The van der Waals surface area contributed by atoms with Gasteiger partial charge in [0.2, 0.25) is 0 Å². The van der Waals surface area contributed by atoms with Crippen molar-refractivity contribution in [3.8, 4) is 5.75 Å². The third-order valence-electron chi connectivity index (χ3n) is 3.30. The van der Waals surface area contributed by atoms with Crippen LogP contribution in [0.1, 0.15) is 0 Å². The van der Waals surface area contributed by atoms with Crippen LogP contribution in [-0.4, -0.2) is 21.7 Å². The summed E-state index contributed by atoms with van der Waals surface area (Å²) in [5.41, 5.74) is 0. The highest BCUT2D eigenvalue weighted by Crippen LogP contribution is 2.25. The van der Waals surface area contributed by atoms with Crippen molar-refractivity contribution in [3.63, 3.8) is 0 Å². The standard InChI is InChI=1S/C14H10O.C6H18OSi2/c15-14-6-5-12-7-10-3-1-2-4-11(10)8-13(12)9-14;1-8(2,3)7-9(4,5)6/h1-9,15H;1-6H3. The number of fused-ring (bicyclic) bond motifs is 2. The first kappa shape index (κ1) is 18.7. The van der Waals surface area contributed by atoms with E-state index < -0.39 is 16.6 Å². The van der Waals surface area contributed by atoms with Gasteiger partial charge in [0, 0.05) is 0 Å². The fourth-order valence-corrected chi connectivity index (χ4v) is 10.2. The van der Waals surface area contributed by atoms with Crippen molar-refractivity contribution in [2.24, 2.45) is 0 Å². The maximum atomic E-state index is 9.40. The molecule has 0 fully saturated rings. The van der Waals surface area contributed by atoms with Gasteiger partial charge in [-0.2, -0.15) is 0 Å². The molecule has 0 bridgehead atoms. The summed E-state index contributed by atoms with van der Waals surface area (Å²) in [7, 11) is -2.46. The van der Waals surface area contributed by atoms with Crippen LogP contribution < -0.4 is 0 Å². The first-order valence-electron chi connectivity index (χ1n) is 8.35. The molecule has 0 heterocycles. The molecule has 3 aromatic carbocycles. The molecule has 0 aliphatic heterocycles. The van der Waals surface area contributed by atoms with Crippen molar-refractivity contribution in [3.05, 3.63) is 54.6 Å². The van der Waals surface area contributed by atoms with E-state index in [-0.39, 0.29) is 0 Å². The predicted molar refractivity (Wildman–Crippen MR) is 111 cm³/mol. The summed E-state index contributed by atoms with van der Waals surface area (Å²) in [4.78, 5) is 0. The number of benzene rings is 3. The van der Waals surface area contributed by atoms with E-state index in [1.54, 1.807) is 12.1 Å². The van der Waals surface area contributed by atoms with Crippen molar-refractivity contribution in [2.75, 3.05) is 0 Å². The predicted octanol–water partition coefficient (Wildman–Crippen LogP) is 6.37. The molecule has 0 saturated carbocycles. The van der Waals surface area contributed by atoms with Gasteiger partial charge in [-0.25, -0.2) is 0 Å². The van der Waals surface area contributed by atoms with E-state index in [9.17, 15) is 5.11 Å². The number of hydrogen-bond acceptors (Lipinski definition) is 2. The molecule has 0 saturated heterocycles. The lowest BCUT2D eigenvalue weighted by molar-refractivity contribution is 0.476. The van der Waals surface area contributed by atoms with Crippen LogP contribution in [0.2, 0.25) is 39.3 Å². The van der Waals surface area contributed by atoms with E-state index in [2.05, 4.69) is 63.5 Å². The molecule has 0 radical (unpaired) electrons. The minimum absolute atomic E-state index is 0.317. The Bertz CT molecular complexity index is 818.